The van der Waals surface area contributed by atoms with Crippen LogP contribution < -0.4 is 0 Å². The SMILES string of the molecule is COOOC.[CH2-]CCC.[CH2-]CCC.[Hf]. The molecule has 0 aliphatic rings. The zero-order valence-corrected chi connectivity index (χ0v) is 13.6. The average Bonchev–Trinajstić information content (AvgIpc) is 2.20. The van der Waals surface area contributed by atoms with Crippen molar-refractivity contribution >= 4 is 0 Å². The first-order valence-corrected chi connectivity index (χ1v) is 4.56. The van der Waals surface area contributed by atoms with Gasteiger partial charge in [-0.1, -0.05) is 31.7 Å². The first-order chi connectivity index (χ1) is 6.24. The Morgan fingerprint density at radius 3 is 1.07 bits per heavy atom. The summed E-state index contributed by atoms with van der Waals surface area (Å²) in [6.07, 6.45) is 4.56. The van der Waals surface area contributed by atoms with Crippen LogP contribution in [0.5, 0.6) is 0 Å². The normalized spacial score (nSPS) is 7.29. The second-order valence-electron chi connectivity index (χ2n) is 2.11. The number of hydrogen-bond donors (Lipinski definition) is 0. The molecule has 0 aromatic carbocycles. The van der Waals surface area contributed by atoms with Gasteiger partial charge in [-0.15, -0.1) is 0 Å². The van der Waals surface area contributed by atoms with Crippen LogP contribution in [-0.4, -0.2) is 14.2 Å². The van der Waals surface area contributed by atoms with E-state index in [1.807, 2.05) is 0 Å². The molecule has 0 fully saturated rings. The largest absolute Gasteiger partial charge is 0.343 e. The summed E-state index contributed by atoms with van der Waals surface area (Å²) in [6.45, 7) is 11.4. The maximum absolute atomic E-state index is 3.97. The Hall–Kier alpha value is 0.750. The van der Waals surface area contributed by atoms with Crippen LogP contribution in [0.15, 0.2) is 0 Å². The summed E-state index contributed by atoms with van der Waals surface area (Å²) in [7, 11) is 2.73. The topological polar surface area (TPSA) is 27.7 Å². The zero-order valence-electron chi connectivity index (χ0n) is 9.97. The van der Waals surface area contributed by atoms with E-state index in [0.29, 0.717) is 0 Å². The van der Waals surface area contributed by atoms with Gasteiger partial charge in [0.15, 0.2) is 0 Å². The van der Waals surface area contributed by atoms with E-state index >= 15 is 0 Å². The van der Waals surface area contributed by atoms with Crippen molar-refractivity contribution in [1.82, 2.24) is 0 Å². The van der Waals surface area contributed by atoms with E-state index in [9.17, 15) is 0 Å². The third-order valence-electron chi connectivity index (χ3n) is 0.843. The molecule has 0 aliphatic carbocycles. The van der Waals surface area contributed by atoms with Gasteiger partial charge in [-0.3, -0.25) is 0 Å². The van der Waals surface area contributed by atoms with Crippen molar-refractivity contribution in [3.63, 3.8) is 0 Å². The molecule has 0 saturated heterocycles. The van der Waals surface area contributed by atoms with Crippen molar-refractivity contribution in [2.24, 2.45) is 0 Å². The minimum atomic E-state index is 0. The van der Waals surface area contributed by atoms with Gasteiger partial charge in [-0.25, -0.2) is 9.78 Å². The fourth-order valence-electron chi connectivity index (χ4n) is 0.0680. The van der Waals surface area contributed by atoms with Crippen LogP contribution in [0.2, 0.25) is 0 Å². The summed E-state index contributed by atoms with van der Waals surface area (Å²) >= 11 is 0. The average molecular weight is 371 g/mol. The van der Waals surface area contributed by atoms with Gasteiger partial charge in [-0.05, 0) is 0 Å². The Labute approximate surface area is 108 Å². The Morgan fingerprint density at radius 1 is 0.857 bits per heavy atom. The third-order valence-corrected chi connectivity index (χ3v) is 0.843. The van der Waals surface area contributed by atoms with Crippen molar-refractivity contribution < 1.29 is 40.7 Å². The molecule has 3 nitrogen and oxygen atoms in total. The summed E-state index contributed by atoms with van der Waals surface area (Å²) < 4.78 is 0. The number of hydrogen-bond acceptors (Lipinski definition) is 3. The van der Waals surface area contributed by atoms with Crippen molar-refractivity contribution in [1.29, 1.82) is 0 Å². The van der Waals surface area contributed by atoms with Gasteiger partial charge in [-0.2, -0.15) is 12.8 Å². The number of unbranched alkanes of at least 4 members (excludes halogenated alkanes) is 2. The molecule has 0 N–H and O–H groups in total. The molecule has 0 rings (SSSR count). The molecule has 0 radical (unpaired) electrons. The Morgan fingerprint density at radius 2 is 1.07 bits per heavy atom. The van der Waals surface area contributed by atoms with Crippen LogP contribution in [0.3, 0.4) is 0 Å². The molecule has 0 aromatic rings. The van der Waals surface area contributed by atoms with Crippen molar-refractivity contribution in [3.05, 3.63) is 13.8 Å². The second kappa shape index (κ2) is 37.2. The standard InChI is InChI=1S/2C4H9.C2H6O3.Hf/c2*1-3-4-2;1-3-5-4-2;/h2*1,3-4H2,2H3;1-2H3;/q2*-1;;. The molecule has 0 saturated carbocycles. The van der Waals surface area contributed by atoms with Crippen LogP contribution in [0, 0.1) is 13.8 Å². The molecule has 0 bridgehead atoms. The minimum absolute atomic E-state index is 0. The molecule has 0 atom stereocenters. The molecule has 0 heterocycles. The maximum Gasteiger partial charge on any atom is 0.0744 e. The van der Waals surface area contributed by atoms with Gasteiger partial charge in [0.1, 0.15) is 0 Å². The van der Waals surface area contributed by atoms with E-state index in [1.54, 1.807) is 0 Å². The molecule has 88 valence electrons. The molecule has 0 spiro atoms. The van der Waals surface area contributed by atoms with Gasteiger partial charge in [0, 0.05) is 25.8 Å². The number of rotatable bonds is 4. The van der Waals surface area contributed by atoms with E-state index in [0.717, 1.165) is 12.8 Å². The van der Waals surface area contributed by atoms with Gasteiger partial charge < -0.3 is 13.8 Å². The van der Waals surface area contributed by atoms with Crippen LogP contribution in [-0.2, 0) is 40.7 Å². The predicted octanol–water partition coefficient (Wildman–Crippen LogP) is 3.36. The van der Waals surface area contributed by atoms with Crippen LogP contribution in [0.4, 0.5) is 0 Å². The van der Waals surface area contributed by atoms with Crippen LogP contribution in [0.1, 0.15) is 39.5 Å². The van der Waals surface area contributed by atoms with Gasteiger partial charge in [0.05, 0.1) is 14.2 Å². The van der Waals surface area contributed by atoms with Gasteiger partial charge in [0.25, 0.3) is 0 Å². The van der Waals surface area contributed by atoms with Crippen molar-refractivity contribution in [2.75, 3.05) is 14.2 Å². The van der Waals surface area contributed by atoms with Crippen molar-refractivity contribution in [2.45, 2.75) is 39.5 Å². The molecule has 0 aromatic heterocycles. The predicted molar refractivity (Wildman–Crippen MR) is 55.6 cm³/mol. The van der Waals surface area contributed by atoms with Gasteiger partial charge >= 0.3 is 0 Å². The van der Waals surface area contributed by atoms with E-state index < -0.39 is 0 Å². The van der Waals surface area contributed by atoms with E-state index in [4.69, 9.17) is 0 Å². The van der Waals surface area contributed by atoms with E-state index in [2.05, 4.69) is 42.5 Å². The molecule has 4 heteroatoms. The Bertz CT molecular complexity index is 44.6. The first-order valence-electron chi connectivity index (χ1n) is 4.56. The molecular formula is C10H24HfO3-2. The third kappa shape index (κ3) is 78.0. The van der Waals surface area contributed by atoms with Gasteiger partial charge in [0.2, 0.25) is 0 Å². The fraction of sp³-hybridized carbons (Fsp3) is 0.800. The second-order valence-corrected chi connectivity index (χ2v) is 2.11. The summed E-state index contributed by atoms with van der Waals surface area (Å²) in [5, 5.41) is 3.83. The minimum Gasteiger partial charge on any atom is -0.343 e. The summed E-state index contributed by atoms with van der Waals surface area (Å²) in [4.78, 5) is 7.94. The zero-order chi connectivity index (χ0) is 10.9. The smallest absolute Gasteiger partial charge is 0.0744 e. The first kappa shape index (κ1) is 24.1. The Balaban J connectivity index is -0.0000000522. The van der Waals surface area contributed by atoms with Crippen LogP contribution in [0.25, 0.3) is 0 Å². The molecule has 0 amide bonds. The summed E-state index contributed by atoms with van der Waals surface area (Å²) in [5.41, 5.74) is 0. The van der Waals surface area contributed by atoms with E-state index in [1.165, 1.54) is 27.1 Å². The fourth-order valence-corrected chi connectivity index (χ4v) is 0.0680. The molecule has 0 aliphatic heterocycles. The maximum atomic E-state index is 3.97. The Kier molecular flexibility index (Phi) is 64.1. The summed E-state index contributed by atoms with van der Waals surface area (Å²) in [6, 6.07) is 0. The monoisotopic (exact) mass is 372 g/mol. The molecule has 14 heavy (non-hydrogen) atoms. The van der Waals surface area contributed by atoms with E-state index in [-0.39, 0.29) is 25.8 Å². The summed E-state index contributed by atoms with van der Waals surface area (Å²) in [5.74, 6) is 0. The molecular weight excluding hydrogens is 347 g/mol. The quantitative estimate of drug-likeness (QED) is 0.329. The van der Waals surface area contributed by atoms with Crippen LogP contribution >= 0.6 is 0 Å². The van der Waals surface area contributed by atoms with Crippen molar-refractivity contribution in [3.8, 4) is 0 Å². The molecule has 0 unspecified atom stereocenters.